The Bertz CT molecular complexity index is 599. The van der Waals surface area contributed by atoms with Crippen molar-refractivity contribution in [3.63, 3.8) is 0 Å². The second-order valence-electron chi connectivity index (χ2n) is 5.28. The van der Waals surface area contributed by atoms with Crippen LogP contribution in [0.15, 0.2) is 48.7 Å². The molecule has 3 nitrogen and oxygen atoms in total. The SMILES string of the molecule is CCC(NCc1ccccn1)C(O)c1ccc(C(F)(F)F)cc1. The molecule has 124 valence electrons. The van der Waals surface area contributed by atoms with Gasteiger partial charge >= 0.3 is 6.18 Å². The van der Waals surface area contributed by atoms with E-state index in [1.54, 1.807) is 6.20 Å². The molecule has 0 bridgehead atoms. The van der Waals surface area contributed by atoms with E-state index < -0.39 is 17.8 Å². The maximum Gasteiger partial charge on any atom is 0.416 e. The molecule has 0 aliphatic heterocycles. The van der Waals surface area contributed by atoms with Crippen molar-refractivity contribution in [3.05, 3.63) is 65.5 Å². The summed E-state index contributed by atoms with van der Waals surface area (Å²) < 4.78 is 37.7. The highest BCUT2D eigenvalue weighted by atomic mass is 19.4. The van der Waals surface area contributed by atoms with Crippen molar-refractivity contribution >= 4 is 0 Å². The highest BCUT2D eigenvalue weighted by Gasteiger charge is 2.30. The van der Waals surface area contributed by atoms with Crippen molar-refractivity contribution in [1.29, 1.82) is 0 Å². The third-order valence-electron chi connectivity index (χ3n) is 3.67. The second kappa shape index (κ2) is 7.57. The van der Waals surface area contributed by atoms with Gasteiger partial charge in [0.2, 0.25) is 0 Å². The van der Waals surface area contributed by atoms with E-state index in [-0.39, 0.29) is 6.04 Å². The molecule has 1 aromatic heterocycles. The molecule has 0 saturated carbocycles. The molecule has 0 radical (unpaired) electrons. The van der Waals surface area contributed by atoms with Crippen LogP contribution in [0, 0.1) is 0 Å². The third-order valence-corrected chi connectivity index (χ3v) is 3.67. The molecule has 6 heteroatoms. The molecule has 0 saturated heterocycles. The topological polar surface area (TPSA) is 45.2 Å². The standard InChI is InChI=1S/C17H19F3N2O/c1-2-15(22-11-14-5-3-4-10-21-14)16(23)12-6-8-13(9-7-12)17(18,19)20/h3-10,15-16,22-23H,2,11H2,1H3. The molecule has 2 aromatic rings. The van der Waals surface area contributed by atoms with Crippen molar-refractivity contribution in [3.8, 4) is 0 Å². The summed E-state index contributed by atoms with van der Waals surface area (Å²) in [5.41, 5.74) is 0.576. The van der Waals surface area contributed by atoms with Crippen LogP contribution in [0.3, 0.4) is 0 Å². The van der Waals surface area contributed by atoms with Gasteiger partial charge in [-0.2, -0.15) is 13.2 Å². The number of aliphatic hydroxyl groups excluding tert-OH is 1. The summed E-state index contributed by atoms with van der Waals surface area (Å²) in [5.74, 6) is 0. The highest BCUT2D eigenvalue weighted by molar-refractivity contribution is 5.26. The van der Waals surface area contributed by atoms with Crippen LogP contribution in [-0.4, -0.2) is 16.1 Å². The Morgan fingerprint density at radius 3 is 2.35 bits per heavy atom. The Kier molecular flexibility index (Phi) is 5.74. The number of aromatic nitrogens is 1. The average Bonchev–Trinajstić information content (AvgIpc) is 2.55. The number of pyridine rings is 1. The fourth-order valence-electron chi connectivity index (χ4n) is 2.32. The van der Waals surface area contributed by atoms with E-state index in [1.807, 2.05) is 25.1 Å². The van der Waals surface area contributed by atoms with Crippen molar-refractivity contribution < 1.29 is 18.3 Å². The number of alkyl halides is 3. The van der Waals surface area contributed by atoms with Crippen LogP contribution >= 0.6 is 0 Å². The van der Waals surface area contributed by atoms with Gasteiger partial charge in [0.15, 0.2) is 0 Å². The lowest BCUT2D eigenvalue weighted by Gasteiger charge is -2.23. The fourth-order valence-corrected chi connectivity index (χ4v) is 2.32. The zero-order valence-electron chi connectivity index (χ0n) is 12.7. The molecule has 0 aliphatic rings. The first kappa shape index (κ1) is 17.4. The number of aliphatic hydroxyl groups is 1. The summed E-state index contributed by atoms with van der Waals surface area (Å²) in [5, 5.41) is 13.6. The van der Waals surface area contributed by atoms with E-state index >= 15 is 0 Å². The van der Waals surface area contributed by atoms with Crippen molar-refractivity contribution in [2.75, 3.05) is 0 Å². The van der Waals surface area contributed by atoms with Gasteiger partial charge in [-0.3, -0.25) is 4.98 Å². The fraction of sp³-hybridized carbons (Fsp3) is 0.353. The van der Waals surface area contributed by atoms with Crippen LogP contribution in [-0.2, 0) is 12.7 Å². The lowest BCUT2D eigenvalue weighted by atomic mass is 9.99. The molecular weight excluding hydrogens is 305 g/mol. The Hall–Kier alpha value is -1.92. The quantitative estimate of drug-likeness (QED) is 0.851. The first-order chi connectivity index (χ1) is 10.9. The number of rotatable bonds is 6. The number of nitrogens with zero attached hydrogens (tertiary/aromatic N) is 1. The van der Waals surface area contributed by atoms with Gasteiger partial charge in [0, 0.05) is 18.8 Å². The minimum absolute atomic E-state index is 0.270. The molecule has 0 amide bonds. The van der Waals surface area contributed by atoms with Gasteiger partial charge < -0.3 is 10.4 Å². The molecule has 2 atom stereocenters. The number of hydrogen-bond donors (Lipinski definition) is 2. The van der Waals surface area contributed by atoms with E-state index in [2.05, 4.69) is 10.3 Å². The van der Waals surface area contributed by atoms with Crippen molar-refractivity contribution in [2.45, 2.75) is 38.2 Å². The molecule has 2 rings (SSSR count). The van der Waals surface area contributed by atoms with Gasteiger partial charge in [-0.1, -0.05) is 25.1 Å². The number of hydrogen-bond acceptors (Lipinski definition) is 3. The smallest absolute Gasteiger partial charge is 0.387 e. The monoisotopic (exact) mass is 324 g/mol. The summed E-state index contributed by atoms with van der Waals surface area (Å²) in [6, 6.07) is 9.90. The van der Waals surface area contributed by atoms with Crippen molar-refractivity contribution in [1.82, 2.24) is 10.3 Å². The molecule has 1 aromatic carbocycles. The third kappa shape index (κ3) is 4.77. The Morgan fingerprint density at radius 2 is 1.83 bits per heavy atom. The normalized spacial score (nSPS) is 14.5. The highest BCUT2D eigenvalue weighted by Crippen LogP contribution is 2.30. The first-order valence-electron chi connectivity index (χ1n) is 7.40. The predicted octanol–water partition coefficient (Wildman–Crippen LogP) is 3.70. The Morgan fingerprint density at radius 1 is 1.13 bits per heavy atom. The molecule has 2 unspecified atom stereocenters. The van der Waals surface area contributed by atoms with E-state index in [0.29, 0.717) is 18.5 Å². The maximum atomic E-state index is 12.6. The van der Waals surface area contributed by atoms with Gasteiger partial charge in [0.05, 0.1) is 17.4 Å². The zero-order valence-corrected chi connectivity index (χ0v) is 12.7. The largest absolute Gasteiger partial charge is 0.416 e. The Labute approximate surface area is 133 Å². The van der Waals surface area contributed by atoms with E-state index in [4.69, 9.17) is 0 Å². The number of benzene rings is 1. The molecule has 23 heavy (non-hydrogen) atoms. The van der Waals surface area contributed by atoms with Crippen LogP contribution in [0.4, 0.5) is 13.2 Å². The second-order valence-corrected chi connectivity index (χ2v) is 5.28. The van der Waals surface area contributed by atoms with Crippen LogP contribution < -0.4 is 5.32 Å². The summed E-state index contributed by atoms with van der Waals surface area (Å²) in [6.45, 7) is 2.39. The van der Waals surface area contributed by atoms with E-state index in [1.165, 1.54) is 12.1 Å². The van der Waals surface area contributed by atoms with Gasteiger partial charge in [-0.05, 0) is 36.2 Å². The van der Waals surface area contributed by atoms with Gasteiger partial charge in [0.1, 0.15) is 0 Å². The van der Waals surface area contributed by atoms with Gasteiger partial charge in [0.25, 0.3) is 0 Å². The number of nitrogens with one attached hydrogen (secondary N) is 1. The number of halogens is 3. The van der Waals surface area contributed by atoms with Crippen LogP contribution in [0.25, 0.3) is 0 Å². The van der Waals surface area contributed by atoms with Crippen LogP contribution in [0.1, 0.15) is 36.3 Å². The molecule has 0 fully saturated rings. The predicted molar refractivity (Wildman–Crippen MR) is 81.6 cm³/mol. The summed E-state index contributed by atoms with van der Waals surface area (Å²) in [7, 11) is 0. The van der Waals surface area contributed by atoms with E-state index in [0.717, 1.165) is 17.8 Å². The minimum Gasteiger partial charge on any atom is -0.387 e. The zero-order chi connectivity index (χ0) is 16.9. The van der Waals surface area contributed by atoms with Crippen molar-refractivity contribution in [2.24, 2.45) is 0 Å². The molecule has 2 N–H and O–H groups in total. The van der Waals surface area contributed by atoms with Crippen LogP contribution in [0.5, 0.6) is 0 Å². The lowest BCUT2D eigenvalue weighted by Crippen LogP contribution is -2.34. The molecule has 0 spiro atoms. The van der Waals surface area contributed by atoms with E-state index in [9.17, 15) is 18.3 Å². The van der Waals surface area contributed by atoms with Gasteiger partial charge in [-0.15, -0.1) is 0 Å². The average molecular weight is 324 g/mol. The van der Waals surface area contributed by atoms with Gasteiger partial charge in [-0.25, -0.2) is 0 Å². The summed E-state index contributed by atoms with van der Waals surface area (Å²) in [4.78, 5) is 4.19. The molecular formula is C17H19F3N2O. The first-order valence-corrected chi connectivity index (χ1v) is 7.40. The molecule has 1 heterocycles. The lowest BCUT2D eigenvalue weighted by molar-refractivity contribution is -0.137. The van der Waals surface area contributed by atoms with Crippen LogP contribution in [0.2, 0.25) is 0 Å². The molecule has 0 aliphatic carbocycles. The summed E-state index contributed by atoms with van der Waals surface area (Å²) >= 11 is 0. The summed E-state index contributed by atoms with van der Waals surface area (Å²) in [6.07, 6.45) is -2.93. The maximum absolute atomic E-state index is 12.6. The minimum atomic E-state index is -4.37. The Balaban J connectivity index is 2.03.